The third-order valence-corrected chi connectivity index (χ3v) is 2.31. The van der Waals surface area contributed by atoms with E-state index in [1.54, 1.807) is 6.07 Å². The summed E-state index contributed by atoms with van der Waals surface area (Å²) in [5, 5.41) is 12.7. The maximum atomic E-state index is 9.81. The van der Waals surface area contributed by atoms with Gasteiger partial charge < -0.3 is 25.6 Å². The molecule has 0 spiro atoms. The minimum absolute atomic E-state index is 0.0635. The van der Waals surface area contributed by atoms with Crippen LogP contribution in [0.3, 0.4) is 0 Å². The molecule has 2 aromatic rings. The Bertz CT molecular complexity index is 591. The van der Waals surface area contributed by atoms with Crippen LogP contribution in [0.25, 0.3) is 0 Å². The Balaban J connectivity index is 2.33. The van der Waals surface area contributed by atoms with E-state index in [0.717, 1.165) is 0 Å². The number of hydrogen-bond donors (Lipinski definition) is 3. The summed E-state index contributed by atoms with van der Waals surface area (Å²) in [6.45, 7) is 0. The third kappa shape index (κ3) is 2.73. The number of anilines is 3. The molecule has 100 valence electrons. The van der Waals surface area contributed by atoms with E-state index in [2.05, 4.69) is 20.3 Å². The predicted molar refractivity (Wildman–Crippen MR) is 68.7 cm³/mol. The van der Waals surface area contributed by atoms with E-state index in [9.17, 15) is 5.11 Å². The number of aromatic nitrogens is 3. The van der Waals surface area contributed by atoms with Gasteiger partial charge >= 0.3 is 0 Å². The molecule has 8 heteroatoms. The number of nitrogens with one attached hydrogen (secondary N) is 1. The van der Waals surface area contributed by atoms with Crippen molar-refractivity contribution in [3.05, 3.63) is 18.5 Å². The highest BCUT2D eigenvalue weighted by Crippen LogP contribution is 2.39. The van der Waals surface area contributed by atoms with Crippen molar-refractivity contribution in [1.82, 2.24) is 15.0 Å². The first-order chi connectivity index (χ1) is 9.13. The van der Waals surface area contributed by atoms with Gasteiger partial charge in [-0.25, -0.2) is 9.97 Å². The van der Waals surface area contributed by atoms with Crippen LogP contribution in [-0.4, -0.2) is 34.3 Å². The van der Waals surface area contributed by atoms with Crippen LogP contribution in [0.1, 0.15) is 0 Å². The maximum absolute atomic E-state index is 9.81. The normalized spacial score (nSPS) is 10.0. The first-order valence-corrected chi connectivity index (χ1v) is 5.30. The van der Waals surface area contributed by atoms with Crippen molar-refractivity contribution in [2.45, 2.75) is 0 Å². The zero-order chi connectivity index (χ0) is 13.8. The van der Waals surface area contributed by atoms with Gasteiger partial charge in [0.25, 0.3) is 0 Å². The van der Waals surface area contributed by atoms with Gasteiger partial charge in [-0.2, -0.15) is 4.98 Å². The van der Waals surface area contributed by atoms with Crippen LogP contribution < -0.4 is 20.5 Å². The van der Waals surface area contributed by atoms with Crippen molar-refractivity contribution in [3.63, 3.8) is 0 Å². The van der Waals surface area contributed by atoms with E-state index in [0.29, 0.717) is 11.4 Å². The minimum Gasteiger partial charge on any atom is -0.504 e. The summed E-state index contributed by atoms with van der Waals surface area (Å²) in [6.07, 6.45) is 1.28. The van der Waals surface area contributed by atoms with E-state index >= 15 is 0 Å². The molecule has 0 fully saturated rings. The Morgan fingerprint density at radius 3 is 2.63 bits per heavy atom. The molecular formula is C11H13N5O3. The first-order valence-electron chi connectivity index (χ1n) is 5.30. The molecule has 1 heterocycles. The van der Waals surface area contributed by atoms with Crippen molar-refractivity contribution in [3.8, 4) is 17.2 Å². The number of methoxy groups -OCH3 is 2. The molecule has 0 unspecified atom stereocenters. The van der Waals surface area contributed by atoms with Crippen LogP contribution in [0.5, 0.6) is 17.2 Å². The molecule has 0 bridgehead atoms. The summed E-state index contributed by atoms with van der Waals surface area (Å²) in [7, 11) is 2.92. The van der Waals surface area contributed by atoms with Crippen molar-refractivity contribution in [2.24, 2.45) is 0 Å². The smallest absolute Gasteiger partial charge is 0.231 e. The molecular weight excluding hydrogens is 250 g/mol. The molecule has 0 atom stereocenters. The second kappa shape index (κ2) is 5.25. The summed E-state index contributed by atoms with van der Waals surface area (Å²) in [6, 6.07) is 3.10. The Morgan fingerprint density at radius 2 is 2.00 bits per heavy atom. The van der Waals surface area contributed by atoms with Crippen molar-refractivity contribution in [1.29, 1.82) is 0 Å². The molecule has 1 aromatic heterocycles. The molecule has 0 aliphatic heterocycles. The zero-order valence-corrected chi connectivity index (χ0v) is 10.4. The Hall–Kier alpha value is -2.77. The number of hydrogen-bond acceptors (Lipinski definition) is 8. The maximum Gasteiger partial charge on any atom is 0.231 e. The van der Waals surface area contributed by atoms with Gasteiger partial charge in [-0.05, 0) is 0 Å². The molecule has 4 N–H and O–H groups in total. The van der Waals surface area contributed by atoms with Crippen LogP contribution in [0.4, 0.5) is 17.6 Å². The Kier molecular flexibility index (Phi) is 3.51. The van der Waals surface area contributed by atoms with Crippen LogP contribution in [-0.2, 0) is 0 Å². The number of nitrogens with zero attached hydrogens (tertiary/aromatic N) is 3. The molecule has 19 heavy (non-hydrogen) atoms. The number of phenols is 1. The van der Waals surface area contributed by atoms with Crippen LogP contribution in [0.2, 0.25) is 0 Å². The third-order valence-electron chi connectivity index (χ3n) is 2.31. The standard InChI is InChI=1S/C11H13N5O3/c1-18-8-4-6(3-7(17)9(8)19-2)15-11-14-5-13-10(12)16-11/h3-5,17H,1-2H3,(H3,12,13,14,15,16). The van der Waals surface area contributed by atoms with Crippen molar-refractivity contribution >= 4 is 17.6 Å². The van der Waals surface area contributed by atoms with Crippen LogP contribution >= 0.6 is 0 Å². The van der Waals surface area contributed by atoms with Gasteiger partial charge in [-0.1, -0.05) is 0 Å². The number of rotatable bonds is 4. The van der Waals surface area contributed by atoms with Crippen molar-refractivity contribution in [2.75, 3.05) is 25.3 Å². The summed E-state index contributed by atoms with van der Waals surface area (Å²) in [5.41, 5.74) is 5.98. The number of benzene rings is 1. The topological polar surface area (TPSA) is 115 Å². The van der Waals surface area contributed by atoms with Gasteiger partial charge in [0.2, 0.25) is 17.6 Å². The average molecular weight is 263 g/mol. The molecule has 0 amide bonds. The van der Waals surface area contributed by atoms with Gasteiger partial charge in [0, 0.05) is 17.8 Å². The lowest BCUT2D eigenvalue weighted by molar-refractivity contribution is 0.333. The molecule has 0 radical (unpaired) electrons. The van der Waals surface area contributed by atoms with E-state index in [1.807, 2.05) is 0 Å². The van der Waals surface area contributed by atoms with Gasteiger partial charge in [-0.15, -0.1) is 0 Å². The number of nitrogen functional groups attached to an aromatic ring is 1. The van der Waals surface area contributed by atoms with E-state index in [-0.39, 0.29) is 23.4 Å². The fourth-order valence-electron chi connectivity index (χ4n) is 1.51. The Morgan fingerprint density at radius 1 is 1.21 bits per heavy atom. The molecule has 0 aliphatic carbocycles. The summed E-state index contributed by atoms with van der Waals surface area (Å²) < 4.78 is 10.1. The molecule has 0 aliphatic rings. The first kappa shape index (κ1) is 12.7. The van der Waals surface area contributed by atoms with E-state index < -0.39 is 0 Å². The lowest BCUT2D eigenvalue weighted by atomic mass is 10.2. The second-order valence-electron chi connectivity index (χ2n) is 3.52. The van der Waals surface area contributed by atoms with Gasteiger partial charge in [0.15, 0.2) is 11.5 Å². The largest absolute Gasteiger partial charge is 0.504 e. The highest BCUT2D eigenvalue weighted by Gasteiger charge is 2.12. The number of ether oxygens (including phenoxy) is 2. The SMILES string of the molecule is COc1cc(Nc2ncnc(N)n2)cc(O)c1OC. The van der Waals surface area contributed by atoms with Gasteiger partial charge in [0.05, 0.1) is 14.2 Å². The van der Waals surface area contributed by atoms with Crippen LogP contribution in [0.15, 0.2) is 18.5 Å². The summed E-state index contributed by atoms with van der Waals surface area (Å²) in [5.74, 6) is 0.933. The average Bonchev–Trinajstić information content (AvgIpc) is 2.38. The highest BCUT2D eigenvalue weighted by molar-refractivity contribution is 5.65. The molecule has 1 aromatic carbocycles. The zero-order valence-electron chi connectivity index (χ0n) is 10.4. The molecule has 8 nitrogen and oxygen atoms in total. The molecule has 0 saturated carbocycles. The number of aromatic hydroxyl groups is 1. The summed E-state index contributed by atoms with van der Waals surface area (Å²) in [4.78, 5) is 11.5. The quantitative estimate of drug-likeness (QED) is 0.745. The van der Waals surface area contributed by atoms with Crippen molar-refractivity contribution < 1.29 is 14.6 Å². The lowest BCUT2D eigenvalue weighted by Crippen LogP contribution is -2.02. The Labute approximate surface area is 109 Å². The van der Waals surface area contributed by atoms with Gasteiger partial charge in [-0.3, -0.25) is 0 Å². The lowest BCUT2D eigenvalue weighted by Gasteiger charge is -2.12. The van der Waals surface area contributed by atoms with E-state index in [1.165, 1.54) is 26.6 Å². The monoisotopic (exact) mass is 263 g/mol. The minimum atomic E-state index is -0.0635. The second-order valence-corrected chi connectivity index (χ2v) is 3.52. The number of nitrogens with two attached hydrogens (primary N) is 1. The number of phenolic OH excluding ortho intramolecular Hbond substituents is 1. The fourth-order valence-corrected chi connectivity index (χ4v) is 1.51. The summed E-state index contributed by atoms with van der Waals surface area (Å²) >= 11 is 0. The molecule has 2 rings (SSSR count). The molecule has 0 saturated heterocycles. The predicted octanol–water partition coefficient (Wildman–Crippen LogP) is 0.920. The van der Waals surface area contributed by atoms with E-state index in [4.69, 9.17) is 15.2 Å². The van der Waals surface area contributed by atoms with Gasteiger partial charge in [0.1, 0.15) is 6.33 Å². The van der Waals surface area contributed by atoms with Crippen LogP contribution in [0, 0.1) is 0 Å². The highest BCUT2D eigenvalue weighted by atomic mass is 16.5. The fraction of sp³-hybridized carbons (Fsp3) is 0.182.